The van der Waals surface area contributed by atoms with Gasteiger partial charge in [0.05, 0.1) is 4.88 Å². The zero-order valence-corrected chi connectivity index (χ0v) is 14.1. The molecular formula is C17H19N5OS. The Bertz CT molecular complexity index is 878. The van der Waals surface area contributed by atoms with Crippen molar-refractivity contribution in [2.24, 2.45) is 0 Å². The number of nitrogens with one attached hydrogen (secondary N) is 1. The summed E-state index contributed by atoms with van der Waals surface area (Å²) < 4.78 is 1.66. The summed E-state index contributed by atoms with van der Waals surface area (Å²) in [6, 6.07) is 6.10. The maximum Gasteiger partial charge on any atom is 0.261 e. The Morgan fingerprint density at radius 3 is 2.92 bits per heavy atom. The second kappa shape index (κ2) is 6.24. The van der Waals surface area contributed by atoms with Gasteiger partial charge in [-0.3, -0.25) is 4.79 Å². The average molecular weight is 341 g/mol. The Labute approximate surface area is 143 Å². The number of rotatable bonds is 3. The molecule has 1 saturated carbocycles. The van der Waals surface area contributed by atoms with E-state index in [0.717, 1.165) is 28.8 Å². The highest BCUT2D eigenvalue weighted by molar-refractivity contribution is 7.12. The quantitative estimate of drug-likeness (QED) is 0.766. The SMILES string of the molecule is Nc1nc2ccc(-c3csc(C(=O)NC4CCCCC4)c3)cn2n1. The van der Waals surface area contributed by atoms with Crippen LogP contribution >= 0.6 is 11.3 Å². The van der Waals surface area contributed by atoms with E-state index >= 15 is 0 Å². The van der Waals surface area contributed by atoms with Crippen molar-refractivity contribution >= 4 is 28.8 Å². The first kappa shape index (κ1) is 15.1. The van der Waals surface area contributed by atoms with Crippen LogP contribution in [-0.2, 0) is 0 Å². The van der Waals surface area contributed by atoms with E-state index in [2.05, 4.69) is 15.4 Å². The van der Waals surface area contributed by atoms with Crippen molar-refractivity contribution in [2.45, 2.75) is 38.1 Å². The minimum Gasteiger partial charge on any atom is -0.366 e. The molecule has 6 nitrogen and oxygen atoms in total. The summed E-state index contributed by atoms with van der Waals surface area (Å²) in [5.74, 6) is 0.286. The Balaban J connectivity index is 1.53. The third kappa shape index (κ3) is 2.99. The number of amides is 1. The molecule has 0 aromatic carbocycles. The van der Waals surface area contributed by atoms with Gasteiger partial charge in [-0.15, -0.1) is 16.4 Å². The molecule has 3 N–H and O–H groups in total. The number of hydrogen-bond acceptors (Lipinski definition) is 5. The number of carbonyl (C=O) groups is 1. The number of fused-ring (bicyclic) bond motifs is 1. The third-order valence-corrected chi connectivity index (χ3v) is 5.37. The van der Waals surface area contributed by atoms with Crippen LogP contribution in [0.25, 0.3) is 16.8 Å². The van der Waals surface area contributed by atoms with Crippen molar-refractivity contribution < 1.29 is 4.79 Å². The highest BCUT2D eigenvalue weighted by Gasteiger charge is 2.18. The van der Waals surface area contributed by atoms with Gasteiger partial charge >= 0.3 is 0 Å². The lowest BCUT2D eigenvalue weighted by atomic mass is 9.95. The van der Waals surface area contributed by atoms with Gasteiger partial charge < -0.3 is 11.1 Å². The van der Waals surface area contributed by atoms with Crippen LogP contribution < -0.4 is 11.1 Å². The first-order chi connectivity index (χ1) is 11.7. The van der Waals surface area contributed by atoms with Crippen LogP contribution in [0, 0.1) is 0 Å². The normalized spacial score (nSPS) is 15.7. The predicted octanol–water partition coefficient (Wildman–Crippen LogP) is 3.10. The van der Waals surface area contributed by atoms with E-state index < -0.39 is 0 Å². The highest BCUT2D eigenvalue weighted by Crippen LogP contribution is 2.26. The second-order valence-corrected chi connectivity index (χ2v) is 7.11. The van der Waals surface area contributed by atoms with E-state index in [1.165, 1.54) is 30.6 Å². The van der Waals surface area contributed by atoms with E-state index in [-0.39, 0.29) is 11.9 Å². The van der Waals surface area contributed by atoms with E-state index in [4.69, 9.17) is 5.73 Å². The van der Waals surface area contributed by atoms with Gasteiger partial charge in [0.15, 0.2) is 5.65 Å². The molecule has 0 bridgehead atoms. The Morgan fingerprint density at radius 1 is 1.25 bits per heavy atom. The van der Waals surface area contributed by atoms with Crippen molar-refractivity contribution in [1.82, 2.24) is 19.9 Å². The summed E-state index contributed by atoms with van der Waals surface area (Å²) in [5.41, 5.74) is 8.32. The number of nitrogen functional groups attached to an aromatic ring is 1. The Morgan fingerprint density at radius 2 is 2.08 bits per heavy atom. The maximum absolute atomic E-state index is 12.4. The first-order valence-electron chi connectivity index (χ1n) is 8.21. The van der Waals surface area contributed by atoms with Crippen molar-refractivity contribution in [2.75, 3.05) is 5.73 Å². The second-order valence-electron chi connectivity index (χ2n) is 6.20. The van der Waals surface area contributed by atoms with Crippen molar-refractivity contribution in [3.63, 3.8) is 0 Å². The number of pyridine rings is 1. The fraction of sp³-hybridized carbons (Fsp3) is 0.353. The van der Waals surface area contributed by atoms with Gasteiger partial charge in [-0.2, -0.15) is 4.98 Å². The Hall–Kier alpha value is -2.41. The van der Waals surface area contributed by atoms with Crippen LogP contribution in [0.2, 0.25) is 0 Å². The molecule has 124 valence electrons. The van der Waals surface area contributed by atoms with Crippen molar-refractivity contribution in [3.8, 4) is 11.1 Å². The first-order valence-corrected chi connectivity index (χ1v) is 9.09. The number of thiophene rings is 1. The van der Waals surface area contributed by atoms with E-state index in [0.29, 0.717) is 11.7 Å². The zero-order chi connectivity index (χ0) is 16.5. The molecule has 1 fully saturated rings. The number of hydrogen-bond donors (Lipinski definition) is 2. The number of nitrogens with two attached hydrogens (primary N) is 1. The fourth-order valence-electron chi connectivity index (χ4n) is 3.18. The molecule has 24 heavy (non-hydrogen) atoms. The van der Waals surface area contributed by atoms with Crippen LogP contribution in [0.15, 0.2) is 29.8 Å². The molecule has 3 aromatic rings. The van der Waals surface area contributed by atoms with Crippen LogP contribution in [0.3, 0.4) is 0 Å². The van der Waals surface area contributed by atoms with E-state index in [1.54, 1.807) is 4.52 Å². The molecule has 0 aliphatic heterocycles. The molecule has 3 heterocycles. The smallest absolute Gasteiger partial charge is 0.261 e. The molecule has 0 spiro atoms. The lowest BCUT2D eigenvalue weighted by Crippen LogP contribution is -2.35. The monoisotopic (exact) mass is 341 g/mol. The molecule has 4 rings (SSSR count). The molecule has 1 aliphatic rings. The fourth-order valence-corrected chi connectivity index (χ4v) is 4.00. The molecule has 0 saturated heterocycles. The minimum absolute atomic E-state index is 0.0317. The van der Waals surface area contributed by atoms with Crippen LogP contribution in [0.1, 0.15) is 41.8 Å². The van der Waals surface area contributed by atoms with Gasteiger partial charge in [0, 0.05) is 17.8 Å². The topological polar surface area (TPSA) is 85.3 Å². The highest BCUT2D eigenvalue weighted by atomic mass is 32.1. The third-order valence-electron chi connectivity index (χ3n) is 4.44. The largest absolute Gasteiger partial charge is 0.366 e. The van der Waals surface area contributed by atoms with Gasteiger partial charge in [-0.25, -0.2) is 4.52 Å². The van der Waals surface area contributed by atoms with Gasteiger partial charge in [0.1, 0.15) is 0 Å². The number of aromatic nitrogens is 3. The molecule has 7 heteroatoms. The molecule has 1 amide bonds. The van der Waals surface area contributed by atoms with E-state index in [1.807, 2.05) is 29.8 Å². The van der Waals surface area contributed by atoms with Crippen LogP contribution in [-0.4, -0.2) is 26.5 Å². The van der Waals surface area contributed by atoms with Gasteiger partial charge in [-0.05, 0) is 42.0 Å². The van der Waals surface area contributed by atoms with Gasteiger partial charge in [0.25, 0.3) is 5.91 Å². The molecule has 3 aromatic heterocycles. The molecule has 0 radical (unpaired) electrons. The van der Waals surface area contributed by atoms with Crippen molar-refractivity contribution in [1.29, 1.82) is 0 Å². The summed E-state index contributed by atoms with van der Waals surface area (Å²) in [4.78, 5) is 17.3. The van der Waals surface area contributed by atoms with Crippen LogP contribution in [0.4, 0.5) is 5.95 Å². The minimum atomic E-state index is 0.0317. The van der Waals surface area contributed by atoms with Crippen LogP contribution in [0.5, 0.6) is 0 Å². The average Bonchev–Trinajstić information content (AvgIpc) is 3.20. The van der Waals surface area contributed by atoms with E-state index in [9.17, 15) is 4.79 Å². The standard InChI is InChI=1S/C17H19N5OS/c18-17-20-15-7-6-11(9-22(15)21-17)12-8-14(24-10-12)16(23)19-13-4-2-1-3-5-13/h6-10,13H,1-5H2,(H2,18,21)(H,19,23). The summed E-state index contributed by atoms with van der Waals surface area (Å²) in [6.45, 7) is 0. The summed E-state index contributed by atoms with van der Waals surface area (Å²) in [7, 11) is 0. The maximum atomic E-state index is 12.4. The van der Waals surface area contributed by atoms with Gasteiger partial charge in [-0.1, -0.05) is 19.3 Å². The zero-order valence-electron chi connectivity index (χ0n) is 13.2. The van der Waals surface area contributed by atoms with Gasteiger partial charge in [0.2, 0.25) is 5.95 Å². The number of carbonyl (C=O) groups excluding carboxylic acids is 1. The molecular weight excluding hydrogens is 322 g/mol. The molecule has 1 aliphatic carbocycles. The molecule has 0 atom stereocenters. The predicted molar refractivity (Wildman–Crippen MR) is 95.1 cm³/mol. The summed E-state index contributed by atoms with van der Waals surface area (Å²) >= 11 is 1.47. The number of anilines is 1. The summed E-state index contributed by atoms with van der Waals surface area (Å²) in [5, 5.41) is 9.28. The number of nitrogens with zero attached hydrogens (tertiary/aromatic N) is 3. The Kier molecular flexibility index (Phi) is 3.93. The summed E-state index contributed by atoms with van der Waals surface area (Å²) in [6.07, 6.45) is 7.76. The lowest BCUT2D eigenvalue weighted by Gasteiger charge is -2.22. The van der Waals surface area contributed by atoms with Crippen molar-refractivity contribution in [3.05, 3.63) is 34.7 Å². The lowest BCUT2D eigenvalue weighted by molar-refractivity contribution is 0.0932. The molecule has 0 unspecified atom stereocenters.